The van der Waals surface area contributed by atoms with E-state index in [0.717, 1.165) is 19.6 Å². The Balaban J connectivity index is 1.45. The Kier molecular flexibility index (Phi) is 5.12. The molecule has 3 N–H and O–H groups in total. The lowest BCUT2D eigenvalue weighted by Crippen LogP contribution is -2.32. The Morgan fingerprint density at radius 3 is 2.57 bits per heavy atom. The maximum atomic E-state index is 3.58. The molecule has 0 radical (unpaired) electrons. The lowest BCUT2D eigenvalue weighted by Gasteiger charge is -2.28. The van der Waals surface area contributed by atoms with Gasteiger partial charge in [-0.25, -0.2) is 0 Å². The monoisotopic (exact) mass is 288 g/mol. The highest BCUT2D eigenvalue weighted by Gasteiger charge is 2.21. The molecular weight excluding hydrogens is 260 g/mol. The van der Waals surface area contributed by atoms with Gasteiger partial charge in [0.25, 0.3) is 0 Å². The van der Waals surface area contributed by atoms with Gasteiger partial charge in [-0.3, -0.25) is 10.9 Å². The fraction of sp³-hybridized carbons (Fsp3) is 0.647. The number of piperidine rings is 1. The van der Waals surface area contributed by atoms with E-state index in [1.165, 1.54) is 43.6 Å². The number of anilines is 1. The Morgan fingerprint density at radius 1 is 1.14 bits per heavy atom. The molecule has 0 amide bonds. The van der Waals surface area contributed by atoms with Crippen LogP contribution in [0.15, 0.2) is 24.3 Å². The summed E-state index contributed by atoms with van der Waals surface area (Å²) in [6.07, 6.45) is 4.07. The summed E-state index contributed by atoms with van der Waals surface area (Å²) in [6.45, 7) is 7.76. The molecule has 1 aromatic carbocycles. The van der Waals surface area contributed by atoms with E-state index in [0.29, 0.717) is 12.0 Å². The first-order valence-corrected chi connectivity index (χ1v) is 8.36. The van der Waals surface area contributed by atoms with E-state index in [1.807, 2.05) is 0 Å². The molecule has 1 aromatic rings. The molecule has 4 heteroatoms. The SMILES string of the molecule is CC1NNCC1CNCc1ccc(N2CCCCC2)cc1. The highest BCUT2D eigenvalue weighted by molar-refractivity contribution is 5.47. The summed E-state index contributed by atoms with van der Waals surface area (Å²) < 4.78 is 0. The van der Waals surface area contributed by atoms with Crippen LogP contribution in [-0.2, 0) is 6.54 Å². The molecule has 2 aliphatic heterocycles. The summed E-state index contributed by atoms with van der Waals surface area (Å²) in [7, 11) is 0. The first-order chi connectivity index (χ1) is 10.3. The summed E-state index contributed by atoms with van der Waals surface area (Å²) in [4.78, 5) is 2.51. The minimum absolute atomic E-state index is 0.555. The second kappa shape index (κ2) is 7.25. The lowest BCUT2D eigenvalue weighted by atomic mass is 10.0. The predicted molar refractivity (Wildman–Crippen MR) is 88.3 cm³/mol. The molecular formula is C17H28N4. The number of benzene rings is 1. The molecule has 2 atom stereocenters. The maximum absolute atomic E-state index is 3.58. The van der Waals surface area contributed by atoms with Crippen LogP contribution in [0.5, 0.6) is 0 Å². The molecule has 0 aliphatic carbocycles. The molecule has 4 nitrogen and oxygen atoms in total. The van der Waals surface area contributed by atoms with Crippen molar-refractivity contribution in [1.82, 2.24) is 16.2 Å². The van der Waals surface area contributed by atoms with Crippen LogP contribution >= 0.6 is 0 Å². The molecule has 0 aromatic heterocycles. The molecule has 2 heterocycles. The van der Waals surface area contributed by atoms with Gasteiger partial charge < -0.3 is 10.2 Å². The van der Waals surface area contributed by atoms with E-state index in [9.17, 15) is 0 Å². The molecule has 2 unspecified atom stereocenters. The van der Waals surface area contributed by atoms with Gasteiger partial charge in [-0.15, -0.1) is 0 Å². The number of hydrogen-bond donors (Lipinski definition) is 3. The normalized spacial score (nSPS) is 26.2. The van der Waals surface area contributed by atoms with Crippen molar-refractivity contribution in [2.45, 2.75) is 38.8 Å². The zero-order valence-corrected chi connectivity index (χ0v) is 13.1. The van der Waals surface area contributed by atoms with Crippen LogP contribution in [0.3, 0.4) is 0 Å². The molecule has 0 bridgehead atoms. The van der Waals surface area contributed by atoms with Crippen molar-refractivity contribution < 1.29 is 0 Å². The van der Waals surface area contributed by atoms with Crippen LogP contribution in [0.2, 0.25) is 0 Å². The highest BCUT2D eigenvalue weighted by atomic mass is 15.4. The second-order valence-electron chi connectivity index (χ2n) is 6.42. The largest absolute Gasteiger partial charge is 0.372 e. The number of rotatable bonds is 5. The minimum Gasteiger partial charge on any atom is -0.372 e. The Morgan fingerprint density at radius 2 is 1.90 bits per heavy atom. The first kappa shape index (κ1) is 14.8. The van der Waals surface area contributed by atoms with Gasteiger partial charge in [-0.2, -0.15) is 0 Å². The summed E-state index contributed by atoms with van der Waals surface area (Å²) in [6, 6.07) is 9.66. The van der Waals surface area contributed by atoms with Crippen molar-refractivity contribution in [1.29, 1.82) is 0 Å². The van der Waals surface area contributed by atoms with Crippen molar-refractivity contribution in [2.24, 2.45) is 5.92 Å². The van der Waals surface area contributed by atoms with Gasteiger partial charge in [0, 0.05) is 50.4 Å². The average molecular weight is 288 g/mol. The second-order valence-corrected chi connectivity index (χ2v) is 6.42. The van der Waals surface area contributed by atoms with E-state index in [4.69, 9.17) is 0 Å². The molecule has 0 saturated carbocycles. The topological polar surface area (TPSA) is 39.3 Å². The van der Waals surface area contributed by atoms with Gasteiger partial charge in [0.15, 0.2) is 0 Å². The standard InChI is InChI=1S/C17H28N4/c1-14-16(13-19-20-14)12-18-11-15-5-7-17(8-6-15)21-9-3-2-4-10-21/h5-8,14,16,18-20H,2-4,9-13H2,1H3. The molecule has 2 saturated heterocycles. The number of nitrogens with one attached hydrogen (secondary N) is 3. The Hall–Kier alpha value is -1.10. The number of hydrogen-bond acceptors (Lipinski definition) is 4. The molecule has 0 spiro atoms. The fourth-order valence-corrected chi connectivity index (χ4v) is 3.27. The highest BCUT2D eigenvalue weighted by Crippen LogP contribution is 2.20. The molecule has 3 rings (SSSR count). The average Bonchev–Trinajstić information content (AvgIpc) is 2.94. The maximum Gasteiger partial charge on any atom is 0.0366 e. The van der Waals surface area contributed by atoms with Gasteiger partial charge in [0.1, 0.15) is 0 Å². The zero-order valence-electron chi connectivity index (χ0n) is 13.1. The predicted octanol–water partition coefficient (Wildman–Crippen LogP) is 1.88. The van der Waals surface area contributed by atoms with Crippen LogP contribution in [0, 0.1) is 5.92 Å². The van der Waals surface area contributed by atoms with Crippen molar-refractivity contribution in [3.63, 3.8) is 0 Å². The van der Waals surface area contributed by atoms with Crippen LogP contribution in [0.25, 0.3) is 0 Å². The summed E-state index contributed by atoms with van der Waals surface area (Å²) >= 11 is 0. The summed E-state index contributed by atoms with van der Waals surface area (Å²) in [5.41, 5.74) is 9.25. The molecule has 116 valence electrons. The summed E-state index contributed by atoms with van der Waals surface area (Å²) in [5, 5.41) is 3.58. The first-order valence-electron chi connectivity index (χ1n) is 8.36. The zero-order chi connectivity index (χ0) is 14.5. The van der Waals surface area contributed by atoms with Crippen molar-refractivity contribution in [3.8, 4) is 0 Å². The van der Waals surface area contributed by atoms with Crippen molar-refractivity contribution in [3.05, 3.63) is 29.8 Å². The van der Waals surface area contributed by atoms with Crippen molar-refractivity contribution >= 4 is 5.69 Å². The third-order valence-corrected chi connectivity index (χ3v) is 4.79. The van der Waals surface area contributed by atoms with E-state index < -0.39 is 0 Å². The smallest absolute Gasteiger partial charge is 0.0366 e. The third kappa shape index (κ3) is 3.96. The fourth-order valence-electron chi connectivity index (χ4n) is 3.27. The van der Waals surface area contributed by atoms with E-state index in [-0.39, 0.29) is 0 Å². The molecule has 21 heavy (non-hydrogen) atoms. The van der Waals surface area contributed by atoms with E-state index in [1.54, 1.807) is 0 Å². The number of nitrogens with zero attached hydrogens (tertiary/aromatic N) is 1. The summed E-state index contributed by atoms with van der Waals surface area (Å²) in [5.74, 6) is 0.678. The van der Waals surface area contributed by atoms with Crippen LogP contribution < -0.4 is 21.1 Å². The molecule has 2 aliphatic rings. The number of hydrazine groups is 1. The quantitative estimate of drug-likeness (QED) is 0.774. The van der Waals surface area contributed by atoms with E-state index >= 15 is 0 Å². The van der Waals surface area contributed by atoms with Gasteiger partial charge in [-0.05, 0) is 43.9 Å². The Labute approximate surface area is 128 Å². The van der Waals surface area contributed by atoms with Crippen LogP contribution in [-0.4, -0.2) is 32.2 Å². The van der Waals surface area contributed by atoms with Gasteiger partial charge in [0.05, 0.1) is 0 Å². The Bertz CT molecular complexity index is 425. The van der Waals surface area contributed by atoms with Gasteiger partial charge in [0.2, 0.25) is 0 Å². The molecule has 2 fully saturated rings. The van der Waals surface area contributed by atoms with Gasteiger partial charge in [-0.1, -0.05) is 12.1 Å². The van der Waals surface area contributed by atoms with Crippen molar-refractivity contribution in [2.75, 3.05) is 31.1 Å². The van der Waals surface area contributed by atoms with E-state index in [2.05, 4.69) is 52.3 Å². The third-order valence-electron chi connectivity index (χ3n) is 4.79. The minimum atomic E-state index is 0.555. The van der Waals surface area contributed by atoms with Gasteiger partial charge >= 0.3 is 0 Å². The van der Waals surface area contributed by atoms with Crippen LogP contribution in [0.1, 0.15) is 31.7 Å². The van der Waals surface area contributed by atoms with Crippen LogP contribution in [0.4, 0.5) is 5.69 Å². The lowest BCUT2D eigenvalue weighted by molar-refractivity contribution is 0.454.